The zero-order valence-electron chi connectivity index (χ0n) is 12.9. The second-order valence-corrected chi connectivity index (χ2v) is 6.04. The number of nitrogens with zero attached hydrogens (tertiary/aromatic N) is 1. The average molecular weight is 350 g/mol. The fourth-order valence-corrected chi connectivity index (χ4v) is 3.09. The summed E-state index contributed by atoms with van der Waals surface area (Å²) in [6, 6.07) is 6.10. The number of carbonyl (C=O) groups is 3. The molecule has 8 heteroatoms. The summed E-state index contributed by atoms with van der Waals surface area (Å²) in [7, 11) is 0. The summed E-state index contributed by atoms with van der Waals surface area (Å²) in [4.78, 5) is 37.7. The second-order valence-electron chi connectivity index (χ2n) is 5.02. The summed E-state index contributed by atoms with van der Waals surface area (Å²) in [5.74, 6) is -1.70. The predicted molar refractivity (Wildman–Crippen MR) is 90.1 cm³/mol. The standard InChI is InChI=1S/C16H18N2O5S/c1-2-7-23-9-11(16(21)22)17-14(19)8-18-12-5-3-4-6-13(12)24-10-15(18)20/h2-6,11H,1,7-10H2,(H,17,19)(H,21,22). The summed E-state index contributed by atoms with van der Waals surface area (Å²) in [6.07, 6.45) is 1.49. The lowest BCUT2D eigenvalue weighted by atomic mass is 10.2. The minimum absolute atomic E-state index is 0.173. The molecular formula is C16H18N2O5S. The molecular weight excluding hydrogens is 332 g/mol. The van der Waals surface area contributed by atoms with Crippen molar-refractivity contribution in [3.05, 3.63) is 36.9 Å². The molecule has 1 aromatic carbocycles. The van der Waals surface area contributed by atoms with Gasteiger partial charge in [-0.05, 0) is 12.1 Å². The van der Waals surface area contributed by atoms with E-state index in [1.54, 1.807) is 12.1 Å². The van der Waals surface area contributed by atoms with Gasteiger partial charge >= 0.3 is 5.97 Å². The number of aliphatic carboxylic acids is 1. The molecule has 0 aromatic heterocycles. The van der Waals surface area contributed by atoms with Gasteiger partial charge in [0.2, 0.25) is 11.8 Å². The maximum atomic E-state index is 12.2. The molecule has 1 aliphatic rings. The van der Waals surface area contributed by atoms with Gasteiger partial charge in [0.15, 0.2) is 6.04 Å². The van der Waals surface area contributed by atoms with E-state index in [1.165, 1.54) is 22.7 Å². The van der Waals surface area contributed by atoms with Gasteiger partial charge in [0.25, 0.3) is 0 Å². The van der Waals surface area contributed by atoms with Crippen LogP contribution in [0.5, 0.6) is 0 Å². The average Bonchev–Trinajstić information content (AvgIpc) is 2.56. The Balaban J connectivity index is 2.01. The van der Waals surface area contributed by atoms with Crippen LogP contribution in [0.3, 0.4) is 0 Å². The molecule has 1 aromatic rings. The first-order valence-corrected chi connectivity index (χ1v) is 8.24. The maximum Gasteiger partial charge on any atom is 0.328 e. The molecule has 24 heavy (non-hydrogen) atoms. The summed E-state index contributed by atoms with van der Waals surface area (Å²) in [6.45, 7) is 3.25. The number of thioether (sulfide) groups is 1. The van der Waals surface area contributed by atoms with Crippen LogP contribution in [-0.2, 0) is 19.1 Å². The van der Waals surface area contributed by atoms with Crippen LogP contribution in [0, 0.1) is 0 Å². The van der Waals surface area contributed by atoms with Gasteiger partial charge in [0.05, 0.1) is 24.7 Å². The molecule has 2 N–H and O–H groups in total. The van der Waals surface area contributed by atoms with Gasteiger partial charge in [-0.1, -0.05) is 18.2 Å². The SMILES string of the molecule is C=CCOCC(NC(=O)CN1C(=O)CSc2ccccc21)C(=O)O. The lowest BCUT2D eigenvalue weighted by molar-refractivity contribution is -0.143. The maximum absolute atomic E-state index is 12.2. The molecule has 0 spiro atoms. The van der Waals surface area contributed by atoms with Crippen molar-refractivity contribution < 1.29 is 24.2 Å². The first-order chi connectivity index (χ1) is 11.5. The van der Waals surface area contributed by atoms with Crippen LogP contribution in [0.4, 0.5) is 5.69 Å². The van der Waals surface area contributed by atoms with Crippen molar-refractivity contribution in [3.63, 3.8) is 0 Å². The Morgan fingerprint density at radius 1 is 1.46 bits per heavy atom. The Kier molecular flexibility index (Phi) is 6.39. The molecule has 2 rings (SSSR count). The van der Waals surface area contributed by atoms with E-state index < -0.39 is 17.9 Å². The monoisotopic (exact) mass is 350 g/mol. The highest BCUT2D eigenvalue weighted by atomic mass is 32.2. The van der Waals surface area contributed by atoms with Gasteiger partial charge < -0.3 is 20.1 Å². The van der Waals surface area contributed by atoms with Gasteiger partial charge in [0.1, 0.15) is 6.54 Å². The molecule has 0 saturated heterocycles. The third-order valence-corrected chi connectivity index (χ3v) is 4.31. The number of nitrogens with one attached hydrogen (secondary N) is 1. The Labute approximate surface area is 143 Å². The molecule has 0 saturated carbocycles. The van der Waals surface area contributed by atoms with Crippen LogP contribution in [0.1, 0.15) is 0 Å². The third kappa shape index (κ3) is 4.59. The van der Waals surface area contributed by atoms with Gasteiger partial charge in [-0.3, -0.25) is 9.59 Å². The number of fused-ring (bicyclic) bond motifs is 1. The number of hydrogen-bond acceptors (Lipinski definition) is 5. The zero-order valence-corrected chi connectivity index (χ0v) is 13.8. The Hall–Kier alpha value is -2.32. The Morgan fingerprint density at radius 3 is 2.92 bits per heavy atom. The minimum atomic E-state index is -1.20. The smallest absolute Gasteiger partial charge is 0.328 e. The number of carbonyl (C=O) groups excluding carboxylic acids is 2. The van der Waals surface area contributed by atoms with Crippen molar-refractivity contribution in [1.82, 2.24) is 5.32 Å². The van der Waals surface area contributed by atoms with E-state index in [-0.39, 0.29) is 31.4 Å². The highest BCUT2D eigenvalue weighted by Crippen LogP contribution is 2.34. The Morgan fingerprint density at radius 2 is 2.21 bits per heavy atom. The van der Waals surface area contributed by atoms with E-state index >= 15 is 0 Å². The van der Waals surface area contributed by atoms with Crippen molar-refractivity contribution in [2.45, 2.75) is 10.9 Å². The molecule has 0 radical (unpaired) electrons. The zero-order chi connectivity index (χ0) is 17.5. The molecule has 0 aliphatic carbocycles. The van der Waals surface area contributed by atoms with Gasteiger partial charge in [-0.2, -0.15) is 0 Å². The van der Waals surface area contributed by atoms with E-state index in [1.807, 2.05) is 12.1 Å². The van der Waals surface area contributed by atoms with Gasteiger partial charge in [-0.25, -0.2) is 4.79 Å². The van der Waals surface area contributed by atoms with Crippen LogP contribution in [0.25, 0.3) is 0 Å². The lowest BCUT2D eigenvalue weighted by Crippen LogP contribution is -2.49. The van der Waals surface area contributed by atoms with Crippen molar-refractivity contribution in [2.24, 2.45) is 0 Å². The van der Waals surface area contributed by atoms with Crippen molar-refractivity contribution in [3.8, 4) is 0 Å². The van der Waals surface area contributed by atoms with Crippen molar-refractivity contribution in [1.29, 1.82) is 0 Å². The van der Waals surface area contributed by atoms with Crippen LogP contribution >= 0.6 is 11.8 Å². The summed E-state index contributed by atoms with van der Waals surface area (Å²) in [5, 5.41) is 11.5. The quantitative estimate of drug-likeness (QED) is 0.534. The number of ether oxygens (including phenoxy) is 1. The fourth-order valence-electron chi connectivity index (χ4n) is 2.15. The summed E-state index contributed by atoms with van der Waals surface area (Å²) < 4.78 is 5.08. The molecule has 7 nitrogen and oxygen atoms in total. The van der Waals surface area contributed by atoms with Crippen molar-refractivity contribution >= 4 is 35.2 Å². The first kappa shape index (κ1) is 18.0. The van der Waals surface area contributed by atoms with Crippen LogP contribution in [0.15, 0.2) is 41.8 Å². The highest BCUT2D eigenvalue weighted by Gasteiger charge is 2.28. The second kappa shape index (κ2) is 8.51. The molecule has 128 valence electrons. The van der Waals surface area contributed by atoms with E-state index in [9.17, 15) is 14.4 Å². The van der Waals surface area contributed by atoms with Gasteiger partial charge in [0, 0.05) is 4.90 Å². The summed E-state index contributed by atoms with van der Waals surface area (Å²) >= 11 is 1.41. The van der Waals surface area contributed by atoms with E-state index in [2.05, 4.69) is 11.9 Å². The van der Waals surface area contributed by atoms with Crippen LogP contribution in [0.2, 0.25) is 0 Å². The number of anilines is 1. The van der Waals surface area contributed by atoms with Crippen molar-refractivity contribution in [2.75, 3.05) is 30.4 Å². The molecule has 0 bridgehead atoms. The molecule has 0 fully saturated rings. The van der Waals surface area contributed by atoms with Crippen LogP contribution in [-0.4, -0.2) is 54.4 Å². The predicted octanol–water partition coefficient (Wildman–Crippen LogP) is 0.897. The van der Waals surface area contributed by atoms with Crippen LogP contribution < -0.4 is 10.2 Å². The minimum Gasteiger partial charge on any atom is -0.480 e. The molecule has 1 unspecified atom stereocenters. The number of para-hydroxylation sites is 1. The topological polar surface area (TPSA) is 95.9 Å². The number of carboxylic acids is 1. The van der Waals surface area contributed by atoms with E-state index in [0.29, 0.717) is 5.69 Å². The molecule has 1 atom stereocenters. The molecule has 1 heterocycles. The number of amides is 2. The van der Waals surface area contributed by atoms with E-state index in [0.717, 1.165) is 4.90 Å². The third-order valence-electron chi connectivity index (χ3n) is 3.26. The first-order valence-electron chi connectivity index (χ1n) is 7.26. The molecule has 1 aliphatic heterocycles. The number of carboxylic acid groups (broad SMARTS) is 1. The largest absolute Gasteiger partial charge is 0.480 e. The number of rotatable bonds is 8. The van der Waals surface area contributed by atoms with Gasteiger partial charge in [-0.15, -0.1) is 18.3 Å². The number of hydrogen-bond donors (Lipinski definition) is 2. The van der Waals surface area contributed by atoms with E-state index in [4.69, 9.17) is 9.84 Å². The highest BCUT2D eigenvalue weighted by molar-refractivity contribution is 8.00. The lowest BCUT2D eigenvalue weighted by Gasteiger charge is -2.28. The number of benzene rings is 1. The normalized spacial score (nSPS) is 14.7. The molecule has 2 amide bonds. The Bertz CT molecular complexity index is 649. The fraction of sp³-hybridized carbons (Fsp3) is 0.312. The summed E-state index contributed by atoms with van der Waals surface area (Å²) in [5.41, 5.74) is 0.656.